The molecular formula is C14H17N5O2. The second kappa shape index (κ2) is 4.42. The fourth-order valence-corrected chi connectivity index (χ4v) is 3.73. The first kappa shape index (κ1) is 12.6. The lowest BCUT2D eigenvalue weighted by molar-refractivity contribution is -0.384. The summed E-state index contributed by atoms with van der Waals surface area (Å²) in [5.41, 5.74) is 7.71. The molecule has 7 nitrogen and oxygen atoms in total. The Balaban J connectivity index is 1.64. The molecule has 2 aromatic rings. The number of imidazole rings is 1. The van der Waals surface area contributed by atoms with Crippen molar-refractivity contribution >= 4 is 22.7 Å². The number of anilines is 1. The Kier molecular flexibility index (Phi) is 2.65. The number of hydrogen-bond donors (Lipinski definition) is 2. The van der Waals surface area contributed by atoms with E-state index in [0.29, 0.717) is 23.4 Å². The van der Waals surface area contributed by atoms with Crippen LogP contribution in [0.25, 0.3) is 11.0 Å². The predicted molar refractivity (Wildman–Crippen MR) is 79.2 cm³/mol. The summed E-state index contributed by atoms with van der Waals surface area (Å²) in [6.07, 6.45) is 2.31. The summed E-state index contributed by atoms with van der Waals surface area (Å²) < 4.78 is 0. The minimum Gasteiger partial charge on any atom is -0.342 e. The Morgan fingerprint density at radius 3 is 3.00 bits per heavy atom. The number of benzene rings is 1. The predicted octanol–water partition coefficient (Wildman–Crippen LogP) is 1.64. The molecule has 1 aliphatic carbocycles. The van der Waals surface area contributed by atoms with E-state index in [2.05, 4.69) is 14.9 Å². The molecule has 1 saturated heterocycles. The SMILES string of the molecule is NC1CCC2CN(c3nc4ccc([N+](=O)[O-])cc4[nH]3)CC12. The van der Waals surface area contributed by atoms with Gasteiger partial charge in [-0.25, -0.2) is 4.98 Å². The number of fused-ring (bicyclic) bond motifs is 2. The first-order valence-corrected chi connectivity index (χ1v) is 7.26. The van der Waals surface area contributed by atoms with Crippen LogP contribution < -0.4 is 10.6 Å². The van der Waals surface area contributed by atoms with Crippen LogP contribution >= 0.6 is 0 Å². The number of non-ortho nitro benzene ring substituents is 1. The zero-order valence-corrected chi connectivity index (χ0v) is 11.5. The molecule has 1 aromatic carbocycles. The normalized spacial score (nSPS) is 28.2. The van der Waals surface area contributed by atoms with Gasteiger partial charge in [-0.2, -0.15) is 0 Å². The first-order chi connectivity index (χ1) is 10.1. The molecule has 1 saturated carbocycles. The first-order valence-electron chi connectivity index (χ1n) is 7.26. The van der Waals surface area contributed by atoms with Gasteiger partial charge in [-0.1, -0.05) is 0 Å². The molecule has 1 aliphatic heterocycles. The van der Waals surface area contributed by atoms with Crippen LogP contribution in [0.4, 0.5) is 11.6 Å². The van der Waals surface area contributed by atoms with Crippen LogP contribution in [-0.2, 0) is 0 Å². The molecule has 3 N–H and O–H groups in total. The maximum atomic E-state index is 10.8. The van der Waals surface area contributed by atoms with Gasteiger partial charge in [-0.05, 0) is 30.7 Å². The molecule has 4 rings (SSSR count). The van der Waals surface area contributed by atoms with E-state index in [4.69, 9.17) is 5.73 Å². The van der Waals surface area contributed by atoms with E-state index in [1.54, 1.807) is 6.07 Å². The molecule has 0 radical (unpaired) electrons. The van der Waals surface area contributed by atoms with E-state index < -0.39 is 0 Å². The van der Waals surface area contributed by atoms with Crippen molar-refractivity contribution in [3.63, 3.8) is 0 Å². The standard InChI is InChI=1S/C14H17N5O2/c15-11-3-1-8-6-18(7-10(8)11)14-16-12-4-2-9(19(20)21)5-13(12)17-14/h2,4-5,8,10-11H,1,3,6-7,15H2,(H,16,17). The Hall–Kier alpha value is -2.15. The van der Waals surface area contributed by atoms with Gasteiger partial charge in [0, 0.05) is 31.3 Å². The third kappa shape index (κ3) is 1.96. The summed E-state index contributed by atoms with van der Waals surface area (Å²) >= 11 is 0. The van der Waals surface area contributed by atoms with Crippen LogP contribution in [0.3, 0.4) is 0 Å². The highest BCUT2D eigenvalue weighted by Gasteiger charge is 2.41. The molecule has 0 bridgehead atoms. The summed E-state index contributed by atoms with van der Waals surface area (Å²) in [5.74, 6) is 2.00. The number of aromatic amines is 1. The van der Waals surface area contributed by atoms with Crippen molar-refractivity contribution in [2.24, 2.45) is 17.6 Å². The van der Waals surface area contributed by atoms with Crippen molar-refractivity contribution < 1.29 is 4.92 Å². The van der Waals surface area contributed by atoms with Crippen molar-refractivity contribution in [1.82, 2.24) is 9.97 Å². The average Bonchev–Trinajstić information content (AvgIpc) is 3.13. The number of nitrogens with zero attached hydrogens (tertiary/aromatic N) is 3. The molecule has 0 amide bonds. The van der Waals surface area contributed by atoms with Crippen LogP contribution in [0.15, 0.2) is 18.2 Å². The van der Waals surface area contributed by atoms with Crippen LogP contribution in [0.5, 0.6) is 0 Å². The van der Waals surface area contributed by atoms with Gasteiger partial charge < -0.3 is 15.6 Å². The smallest absolute Gasteiger partial charge is 0.271 e. The van der Waals surface area contributed by atoms with Crippen LogP contribution in [-0.4, -0.2) is 34.0 Å². The number of rotatable bonds is 2. The van der Waals surface area contributed by atoms with E-state index in [-0.39, 0.29) is 10.6 Å². The Morgan fingerprint density at radius 2 is 2.24 bits per heavy atom. The van der Waals surface area contributed by atoms with Gasteiger partial charge in [-0.15, -0.1) is 0 Å². The van der Waals surface area contributed by atoms with Crippen molar-refractivity contribution in [3.05, 3.63) is 28.3 Å². The molecule has 3 unspecified atom stereocenters. The number of nitrogens with two attached hydrogens (primary N) is 1. The molecule has 2 aliphatic rings. The van der Waals surface area contributed by atoms with Crippen LogP contribution in [0, 0.1) is 22.0 Å². The zero-order valence-electron chi connectivity index (χ0n) is 11.5. The van der Waals surface area contributed by atoms with Gasteiger partial charge in [0.05, 0.1) is 16.0 Å². The maximum absolute atomic E-state index is 10.8. The molecule has 2 heterocycles. The lowest BCUT2D eigenvalue weighted by Crippen LogP contribution is -2.30. The highest BCUT2D eigenvalue weighted by molar-refractivity contribution is 5.80. The third-order valence-electron chi connectivity index (χ3n) is 4.88. The van der Waals surface area contributed by atoms with Crippen molar-refractivity contribution in [2.75, 3.05) is 18.0 Å². The van der Waals surface area contributed by atoms with Gasteiger partial charge in [-0.3, -0.25) is 10.1 Å². The van der Waals surface area contributed by atoms with E-state index in [9.17, 15) is 10.1 Å². The highest BCUT2D eigenvalue weighted by Crippen LogP contribution is 2.38. The van der Waals surface area contributed by atoms with Crippen molar-refractivity contribution in [1.29, 1.82) is 0 Å². The largest absolute Gasteiger partial charge is 0.342 e. The number of nitro groups is 1. The zero-order chi connectivity index (χ0) is 14.6. The molecular weight excluding hydrogens is 270 g/mol. The highest BCUT2D eigenvalue weighted by atomic mass is 16.6. The minimum atomic E-state index is -0.390. The molecule has 0 spiro atoms. The van der Waals surface area contributed by atoms with E-state index in [1.165, 1.54) is 18.6 Å². The van der Waals surface area contributed by atoms with Gasteiger partial charge in [0.15, 0.2) is 0 Å². The fraction of sp³-hybridized carbons (Fsp3) is 0.500. The second-order valence-electron chi connectivity index (χ2n) is 6.09. The van der Waals surface area contributed by atoms with E-state index in [0.717, 1.165) is 31.0 Å². The van der Waals surface area contributed by atoms with Gasteiger partial charge in [0.1, 0.15) is 0 Å². The summed E-state index contributed by atoms with van der Waals surface area (Å²) in [5, 5.41) is 10.8. The molecule has 21 heavy (non-hydrogen) atoms. The molecule has 3 atom stereocenters. The monoisotopic (exact) mass is 287 g/mol. The Morgan fingerprint density at radius 1 is 1.38 bits per heavy atom. The Bertz CT molecular complexity index is 712. The third-order valence-corrected chi connectivity index (χ3v) is 4.88. The van der Waals surface area contributed by atoms with Crippen LogP contribution in [0.2, 0.25) is 0 Å². The lowest BCUT2D eigenvalue weighted by atomic mass is 9.98. The molecule has 1 aromatic heterocycles. The summed E-state index contributed by atoms with van der Waals surface area (Å²) in [6.45, 7) is 1.90. The summed E-state index contributed by atoms with van der Waals surface area (Å²) in [6, 6.07) is 5.01. The van der Waals surface area contributed by atoms with E-state index in [1.807, 2.05) is 0 Å². The molecule has 7 heteroatoms. The van der Waals surface area contributed by atoms with Gasteiger partial charge in [0.2, 0.25) is 5.95 Å². The maximum Gasteiger partial charge on any atom is 0.271 e. The van der Waals surface area contributed by atoms with Crippen molar-refractivity contribution in [2.45, 2.75) is 18.9 Å². The summed E-state index contributed by atoms with van der Waals surface area (Å²) in [4.78, 5) is 20.4. The quantitative estimate of drug-likeness (QED) is 0.646. The summed E-state index contributed by atoms with van der Waals surface area (Å²) in [7, 11) is 0. The number of H-pyrrole nitrogens is 1. The average molecular weight is 287 g/mol. The minimum absolute atomic E-state index is 0.0815. The Labute approximate surface area is 121 Å². The van der Waals surface area contributed by atoms with Crippen molar-refractivity contribution in [3.8, 4) is 0 Å². The van der Waals surface area contributed by atoms with Crippen LogP contribution in [0.1, 0.15) is 12.8 Å². The fourth-order valence-electron chi connectivity index (χ4n) is 3.73. The van der Waals surface area contributed by atoms with Gasteiger partial charge in [0.25, 0.3) is 5.69 Å². The number of nitro benzene ring substituents is 1. The number of hydrogen-bond acceptors (Lipinski definition) is 5. The number of nitrogens with one attached hydrogen (secondary N) is 1. The van der Waals surface area contributed by atoms with Gasteiger partial charge >= 0.3 is 0 Å². The molecule has 2 fully saturated rings. The lowest BCUT2D eigenvalue weighted by Gasteiger charge is -2.17. The van der Waals surface area contributed by atoms with E-state index >= 15 is 0 Å². The topological polar surface area (TPSA) is 101 Å². The number of aromatic nitrogens is 2. The molecule has 110 valence electrons. The second-order valence-corrected chi connectivity index (χ2v) is 6.09.